The van der Waals surface area contributed by atoms with Gasteiger partial charge in [-0.1, -0.05) is 0 Å². The van der Waals surface area contributed by atoms with Gasteiger partial charge in [-0.15, -0.1) is 0 Å². The molecule has 2 atom stereocenters. The highest BCUT2D eigenvalue weighted by atomic mass is 16.5. The smallest absolute Gasteiger partial charge is 0.206 e. The van der Waals surface area contributed by atoms with Crippen molar-refractivity contribution < 1.29 is 9.47 Å². The van der Waals surface area contributed by atoms with Crippen LogP contribution in [0.5, 0.6) is 0 Å². The van der Waals surface area contributed by atoms with Crippen LogP contribution in [0.1, 0.15) is 19.3 Å². The highest BCUT2D eigenvalue weighted by Gasteiger charge is 2.40. The summed E-state index contributed by atoms with van der Waals surface area (Å²) in [6, 6.07) is 0.333. The summed E-state index contributed by atoms with van der Waals surface area (Å²) < 4.78 is 10.7. The van der Waals surface area contributed by atoms with Gasteiger partial charge in [-0.05, 0) is 25.2 Å². The number of aliphatic imine (C=N–C) groups is 1. The maximum Gasteiger partial charge on any atom is 0.206 e. The molecule has 98 valence electrons. The molecule has 0 bridgehead atoms. The normalized spacial score (nSPS) is 29.4. The van der Waals surface area contributed by atoms with Crippen molar-refractivity contribution in [1.82, 2.24) is 10.7 Å². The maximum absolute atomic E-state index is 5.75. The number of nitrogens with one attached hydrogen (secondary N) is 2. The van der Waals surface area contributed by atoms with Crippen molar-refractivity contribution in [3.05, 3.63) is 0 Å². The Morgan fingerprint density at radius 3 is 2.94 bits per heavy atom. The zero-order chi connectivity index (χ0) is 12.1. The summed E-state index contributed by atoms with van der Waals surface area (Å²) in [6.07, 6.45) is 3.92. The van der Waals surface area contributed by atoms with E-state index in [1.807, 2.05) is 0 Å². The number of guanidine groups is 1. The highest BCUT2D eigenvalue weighted by molar-refractivity contribution is 5.79. The molecule has 0 aromatic carbocycles. The summed E-state index contributed by atoms with van der Waals surface area (Å²) in [6.45, 7) is 2.03. The quantitative estimate of drug-likeness (QED) is 0.201. The Bertz CT molecular complexity index is 268. The van der Waals surface area contributed by atoms with E-state index in [4.69, 9.17) is 15.3 Å². The first kappa shape index (κ1) is 12.6. The predicted molar refractivity (Wildman–Crippen MR) is 65.5 cm³/mol. The number of nitrogens with two attached hydrogens (primary N) is 1. The number of hydrazine groups is 1. The Labute approximate surface area is 102 Å². The molecule has 1 saturated heterocycles. The fraction of sp³-hybridized carbons (Fsp3) is 0.909. The third-order valence-electron chi connectivity index (χ3n) is 3.25. The minimum atomic E-state index is 0.330. The average Bonchev–Trinajstić information content (AvgIpc) is 3.09. The van der Waals surface area contributed by atoms with Gasteiger partial charge < -0.3 is 14.8 Å². The minimum absolute atomic E-state index is 0.330. The number of hydrogen-bond acceptors (Lipinski definition) is 4. The second-order valence-corrected chi connectivity index (χ2v) is 4.58. The van der Waals surface area contributed by atoms with Gasteiger partial charge in [-0.3, -0.25) is 5.43 Å². The molecule has 2 rings (SSSR count). The lowest BCUT2D eigenvalue weighted by Crippen LogP contribution is -2.49. The van der Waals surface area contributed by atoms with Gasteiger partial charge >= 0.3 is 0 Å². The van der Waals surface area contributed by atoms with Crippen LogP contribution in [0.4, 0.5) is 0 Å². The molecular formula is C11H22N4O2. The summed E-state index contributed by atoms with van der Waals surface area (Å²) in [5.74, 6) is 6.80. The van der Waals surface area contributed by atoms with Crippen molar-refractivity contribution in [2.75, 3.05) is 26.9 Å². The van der Waals surface area contributed by atoms with E-state index in [-0.39, 0.29) is 0 Å². The Kier molecular flexibility index (Phi) is 4.58. The molecule has 17 heavy (non-hydrogen) atoms. The third-order valence-corrected chi connectivity index (χ3v) is 3.25. The van der Waals surface area contributed by atoms with E-state index in [9.17, 15) is 0 Å². The van der Waals surface area contributed by atoms with Crippen LogP contribution in [0.15, 0.2) is 4.99 Å². The lowest BCUT2D eigenvalue weighted by Gasteiger charge is -2.21. The van der Waals surface area contributed by atoms with Crippen molar-refractivity contribution >= 4 is 5.96 Å². The maximum atomic E-state index is 5.75. The first-order chi connectivity index (χ1) is 8.35. The van der Waals surface area contributed by atoms with Crippen LogP contribution in [0.3, 0.4) is 0 Å². The first-order valence-corrected chi connectivity index (χ1v) is 6.23. The van der Waals surface area contributed by atoms with Crippen molar-refractivity contribution in [1.29, 1.82) is 0 Å². The number of nitrogens with zero attached hydrogens (tertiary/aromatic N) is 1. The summed E-state index contributed by atoms with van der Waals surface area (Å²) >= 11 is 0. The largest absolute Gasteiger partial charge is 0.383 e. The van der Waals surface area contributed by atoms with E-state index in [0.29, 0.717) is 31.3 Å². The molecule has 2 aliphatic rings. The molecular weight excluding hydrogens is 220 g/mol. The van der Waals surface area contributed by atoms with E-state index >= 15 is 0 Å². The Morgan fingerprint density at radius 1 is 1.47 bits per heavy atom. The molecule has 6 heteroatoms. The van der Waals surface area contributed by atoms with Crippen molar-refractivity contribution in [2.24, 2.45) is 16.8 Å². The van der Waals surface area contributed by atoms with Crippen LogP contribution in [-0.4, -0.2) is 45.0 Å². The summed E-state index contributed by atoms with van der Waals surface area (Å²) in [4.78, 5) is 4.30. The van der Waals surface area contributed by atoms with Crippen molar-refractivity contribution in [3.8, 4) is 0 Å². The zero-order valence-electron chi connectivity index (χ0n) is 10.3. The van der Waals surface area contributed by atoms with Gasteiger partial charge in [0.2, 0.25) is 5.96 Å². The Hall–Kier alpha value is -0.850. The molecule has 0 radical (unpaired) electrons. The molecule has 1 aliphatic heterocycles. The molecule has 4 N–H and O–H groups in total. The van der Waals surface area contributed by atoms with Crippen molar-refractivity contribution in [3.63, 3.8) is 0 Å². The molecule has 1 aliphatic carbocycles. The SMILES string of the molecule is COCCN=C(NN)NC1CCOC1C1CC1. The number of methoxy groups -OCH3 is 1. The number of rotatable bonds is 5. The second-order valence-electron chi connectivity index (χ2n) is 4.58. The molecule has 1 saturated carbocycles. The Morgan fingerprint density at radius 2 is 2.29 bits per heavy atom. The molecule has 6 nitrogen and oxygen atoms in total. The van der Waals surface area contributed by atoms with Gasteiger partial charge in [0.1, 0.15) is 0 Å². The van der Waals surface area contributed by atoms with Gasteiger partial charge in [0.05, 0.1) is 25.3 Å². The van der Waals surface area contributed by atoms with E-state index in [0.717, 1.165) is 18.9 Å². The average molecular weight is 242 g/mol. The van der Waals surface area contributed by atoms with Crippen molar-refractivity contribution in [2.45, 2.75) is 31.4 Å². The fourth-order valence-corrected chi connectivity index (χ4v) is 2.21. The van der Waals surface area contributed by atoms with E-state index in [1.54, 1.807) is 7.11 Å². The van der Waals surface area contributed by atoms with Gasteiger partial charge in [-0.2, -0.15) is 0 Å². The number of ether oxygens (including phenoxy) is 2. The highest BCUT2D eigenvalue weighted by Crippen LogP contribution is 2.38. The molecule has 1 heterocycles. The second kappa shape index (κ2) is 6.18. The van der Waals surface area contributed by atoms with Gasteiger partial charge in [0.25, 0.3) is 0 Å². The molecule has 2 unspecified atom stereocenters. The lowest BCUT2D eigenvalue weighted by molar-refractivity contribution is 0.0841. The van der Waals surface area contributed by atoms with Gasteiger partial charge in [0, 0.05) is 13.7 Å². The van der Waals surface area contributed by atoms with Crippen LogP contribution in [-0.2, 0) is 9.47 Å². The van der Waals surface area contributed by atoms with E-state index < -0.39 is 0 Å². The van der Waals surface area contributed by atoms with Crippen LogP contribution in [0.2, 0.25) is 0 Å². The lowest BCUT2D eigenvalue weighted by atomic mass is 10.1. The zero-order valence-corrected chi connectivity index (χ0v) is 10.3. The van der Waals surface area contributed by atoms with Crippen LogP contribution in [0, 0.1) is 5.92 Å². The van der Waals surface area contributed by atoms with Gasteiger partial charge in [0.15, 0.2) is 0 Å². The fourth-order valence-electron chi connectivity index (χ4n) is 2.21. The molecule has 0 aromatic heterocycles. The van der Waals surface area contributed by atoms with E-state index in [1.165, 1.54) is 12.8 Å². The summed E-state index contributed by atoms with van der Waals surface area (Å²) in [7, 11) is 1.66. The Balaban J connectivity index is 1.82. The third kappa shape index (κ3) is 3.55. The van der Waals surface area contributed by atoms with Gasteiger partial charge in [-0.25, -0.2) is 10.8 Å². The molecule has 0 spiro atoms. The number of hydrogen-bond donors (Lipinski definition) is 3. The summed E-state index contributed by atoms with van der Waals surface area (Å²) in [5, 5.41) is 3.33. The van der Waals surface area contributed by atoms with Crippen LogP contribution < -0.4 is 16.6 Å². The molecule has 0 aromatic rings. The van der Waals surface area contributed by atoms with Crippen LogP contribution >= 0.6 is 0 Å². The predicted octanol–water partition coefficient (Wildman–Crippen LogP) is -0.391. The monoisotopic (exact) mass is 242 g/mol. The van der Waals surface area contributed by atoms with E-state index in [2.05, 4.69) is 15.7 Å². The molecule has 0 amide bonds. The molecule has 2 fully saturated rings. The topological polar surface area (TPSA) is 80.9 Å². The minimum Gasteiger partial charge on any atom is -0.383 e. The summed E-state index contributed by atoms with van der Waals surface area (Å²) in [5.41, 5.74) is 2.60. The standard InChI is InChI=1S/C11H22N4O2/c1-16-7-5-13-11(15-12)14-9-4-6-17-10(9)8-2-3-8/h8-10H,2-7,12H2,1H3,(H2,13,14,15). The first-order valence-electron chi connectivity index (χ1n) is 6.23. The van der Waals surface area contributed by atoms with Crippen LogP contribution in [0.25, 0.3) is 0 Å².